The van der Waals surface area contributed by atoms with Gasteiger partial charge in [-0.25, -0.2) is 0 Å². The molecule has 0 radical (unpaired) electrons. The number of phenolic OH excluding ortho intramolecular Hbond substituents is 1. The minimum Gasteiger partial charge on any atom is -0.508 e. The van der Waals surface area contributed by atoms with Crippen LogP contribution in [-0.4, -0.2) is 29.6 Å². The first-order chi connectivity index (χ1) is 9.58. The van der Waals surface area contributed by atoms with Crippen molar-refractivity contribution >= 4 is 10.8 Å². The van der Waals surface area contributed by atoms with E-state index in [4.69, 9.17) is 0 Å². The zero-order valence-electron chi connectivity index (χ0n) is 12.8. The van der Waals surface area contributed by atoms with Crippen molar-refractivity contribution in [3.63, 3.8) is 0 Å². The summed E-state index contributed by atoms with van der Waals surface area (Å²) >= 11 is 0. The molecule has 20 heavy (non-hydrogen) atoms. The van der Waals surface area contributed by atoms with Crippen LogP contribution in [0.1, 0.15) is 32.3 Å². The lowest BCUT2D eigenvalue weighted by atomic mass is 10.00. The molecule has 1 N–H and O–H groups in total. The predicted octanol–water partition coefficient (Wildman–Crippen LogP) is 4.21. The lowest BCUT2D eigenvalue weighted by Gasteiger charge is -2.20. The fourth-order valence-electron chi connectivity index (χ4n) is 2.49. The molecule has 2 aromatic rings. The van der Waals surface area contributed by atoms with Gasteiger partial charge in [0.1, 0.15) is 5.75 Å². The van der Waals surface area contributed by atoms with Crippen LogP contribution in [0.15, 0.2) is 36.4 Å². The van der Waals surface area contributed by atoms with Gasteiger partial charge in [-0.2, -0.15) is 0 Å². The number of benzene rings is 2. The van der Waals surface area contributed by atoms with Crippen molar-refractivity contribution in [2.75, 3.05) is 13.6 Å². The number of rotatable bonds is 6. The van der Waals surface area contributed by atoms with Crippen LogP contribution in [0, 0.1) is 0 Å². The van der Waals surface area contributed by atoms with Gasteiger partial charge in [0.2, 0.25) is 0 Å². The fourth-order valence-corrected chi connectivity index (χ4v) is 2.49. The molecule has 0 aliphatic carbocycles. The summed E-state index contributed by atoms with van der Waals surface area (Å²) in [5, 5.41) is 11.9. The molecule has 2 rings (SSSR count). The Morgan fingerprint density at radius 2 is 1.90 bits per heavy atom. The van der Waals surface area contributed by atoms with Crippen molar-refractivity contribution in [2.45, 2.75) is 39.2 Å². The number of hydrogen-bond acceptors (Lipinski definition) is 2. The molecule has 108 valence electrons. The molecule has 0 bridgehead atoms. The van der Waals surface area contributed by atoms with Crippen LogP contribution >= 0.6 is 0 Å². The SMILES string of the molecule is CC(C)N(C)CCCCc1cccc2cc(O)ccc12. The minimum absolute atomic E-state index is 0.341. The Balaban J connectivity index is 1.97. The van der Waals surface area contributed by atoms with Crippen molar-refractivity contribution < 1.29 is 5.11 Å². The van der Waals surface area contributed by atoms with Gasteiger partial charge in [-0.15, -0.1) is 0 Å². The van der Waals surface area contributed by atoms with Gasteiger partial charge in [0, 0.05) is 6.04 Å². The summed E-state index contributed by atoms with van der Waals surface area (Å²) in [6.07, 6.45) is 3.54. The number of aryl methyl sites for hydroxylation is 1. The molecule has 0 unspecified atom stereocenters. The first-order valence-electron chi connectivity index (χ1n) is 7.49. The van der Waals surface area contributed by atoms with E-state index >= 15 is 0 Å². The highest BCUT2D eigenvalue weighted by Crippen LogP contribution is 2.24. The second-order valence-electron chi connectivity index (χ2n) is 5.85. The highest BCUT2D eigenvalue weighted by atomic mass is 16.3. The topological polar surface area (TPSA) is 23.5 Å². The first kappa shape index (κ1) is 14.9. The largest absolute Gasteiger partial charge is 0.508 e. The van der Waals surface area contributed by atoms with Crippen LogP contribution < -0.4 is 0 Å². The Morgan fingerprint density at radius 1 is 1.10 bits per heavy atom. The smallest absolute Gasteiger partial charge is 0.116 e. The van der Waals surface area contributed by atoms with Crippen molar-refractivity contribution in [3.8, 4) is 5.75 Å². The van der Waals surface area contributed by atoms with E-state index in [0.717, 1.165) is 18.4 Å². The van der Waals surface area contributed by atoms with Crippen LogP contribution in [0.2, 0.25) is 0 Å². The van der Waals surface area contributed by atoms with E-state index < -0.39 is 0 Å². The second kappa shape index (κ2) is 6.76. The minimum atomic E-state index is 0.341. The summed E-state index contributed by atoms with van der Waals surface area (Å²) in [6.45, 7) is 5.62. The van der Waals surface area contributed by atoms with Gasteiger partial charge >= 0.3 is 0 Å². The second-order valence-corrected chi connectivity index (χ2v) is 5.85. The maximum atomic E-state index is 9.54. The number of fused-ring (bicyclic) bond motifs is 1. The maximum absolute atomic E-state index is 9.54. The zero-order chi connectivity index (χ0) is 14.5. The summed E-state index contributed by atoms with van der Waals surface area (Å²) in [6, 6.07) is 12.6. The molecule has 0 saturated carbocycles. The van der Waals surface area contributed by atoms with Crippen LogP contribution in [0.4, 0.5) is 0 Å². The third-order valence-electron chi connectivity index (χ3n) is 4.04. The van der Waals surface area contributed by atoms with E-state index in [1.165, 1.54) is 23.8 Å². The summed E-state index contributed by atoms with van der Waals surface area (Å²) in [7, 11) is 2.19. The molecule has 0 heterocycles. The molecule has 0 aromatic heterocycles. The van der Waals surface area contributed by atoms with E-state index in [-0.39, 0.29) is 0 Å². The highest BCUT2D eigenvalue weighted by Gasteiger charge is 2.04. The summed E-state index contributed by atoms with van der Waals surface area (Å²) in [5.74, 6) is 0.341. The van der Waals surface area contributed by atoms with Gasteiger partial charge in [-0.1, -0.05) is 24.3 Å². The molecule has 0 saturated heterocycles. The lowest BCUT2D eigenvalue weighted by molar-refractivity contribution is 0.268. The van der Waals surface area contributed by atoms with Crippen LogP contribution in [-0.2, 0) is 6.42 Å². The molecule has 0 aliphatic rings. The quantitative estimate of drug-likeness (QED) is 0.796. The number of hydrogen-bond donors (Lipinski definition) is 1. The van der Waals surface area contributed by atoms with Gasteiger partial charge in [0.25, 0.3) is 0 Å². The van der Waals surface area contributed by atoms with E-state index in [0.29, 0.717) is 11.8 Å². The number of unbranched alkanes of at least 4 members (excludes halogenated alkanes) is 1. The van der Waals surface area contributed by atoms with Crippen LogP contribution in [0.25, 0.3) is 10.8 Å². The van der Waals surface area contributed by atoms with Crippen molar-refractivity contribution in [1.29, 1.82) is 0 Å². The van der Waals surface area contributed by atoms with Gasteiger partial charge < -0.3 is 10.0 Å². The Hall–Kier alpha value is -1.54. The average Bonchev–Trinajstić information content (AvgIpc) is 2.42. The fraction of sp³-hybridized carbons (Fsp3) is 0.444. The molecule has 2 nitrogen and oxygen atoms in total. The highest BCUT2D eigenvalue weighted by molar-refractivity contribution is 5.86. The van der Waals surface area contributed by atoms with E-state index in [1.807, 2.05) is 12.1 Å². The normalized spacial score (nSPS) is 11.7. The number of aromatic hydroxyl groups is 1. The third kappa shape index (κ3) is 3.73. The Bertz CT molecular complexity index is 562. The zero-order valence-corrected chi connectivity index (χ0v) is 12.8. The summed E-state index contributed by atoms with van der Waals surface area (Å²) in [4.78, 5) is 2.39. The predicted molar refractivity (Wildman–Crippen MR) is 86.3 cm³/mol. The molecular weight excluding hydrogens is 246 g/mol. The molecule has 0 aliphatic heterocycles. The summed E-state index contributed by atoms with van der Waals surface area (Å²) in [5.41, 5.74) is 1.38. The maximum Gasteiger partial charge on any atom is 0.116 e. The van der Waals surface area contributed by atoms with Gasteiger partial charge in [0.05, 0.1) is 0 Å². The van der Waals surface area contributed by atoms with Gasteiger partial charge in [-0.3, -0.25) is 0 Å². The third-order valence-corrected chi connectivity index (χ3v) is 4.04. The molecule has 0 spiro atoms. The van der Waals surface area contributed by atoms with Gasteiger partial charge in [-0.05, 0) is 75.2 Å². The molecule has 2 aromatic carbocycles. The molecule has 0 atom stereocenters. The van der Waals surface area contributed by atoms with Crippen molar-refractivity contribution in [3.05, 3.63) is 42.0 Å². The van der Waals surface area contributed by atoms with E-state index in [1.54, 1.807) is 6.07 Å². The van der Waals surface area contributed by atoms with Crippen LogP contribution in [0.5, 0.6) is 5.75 Å². The molecule has 0 fully saturated rings. The Morgan fingerprint density at radius 3 is 2.65 bits per heavy atom. The Kier molecular flexibility index (Phi) is 5.02. The van der Waals surface area contributed by atoms with Crippen LogP contribution in [0.3, 0.4) is 0 Å². The van der Waals surface area contributed by atoms with Gasteiger partial charge in [0.15, 0.2) is 0 Å². The molecule has 2 heteroatoms. The lowest BCUT2D eigenvalue weighted by Crippen LogP contribution is -2.27. The Labute approximate surface area is 122 Å². The summed E-state index contributed by atoms with van der Waals surface area (Å²) < 4.78 is 0. The van der Waals surface area contributed by atoms with Crippen molar-refractivity contribution in [1.82, 2.24) is 4.90 Å². The van der Waals surface area contributed by atoms with Crippen molar-refractivity contribution in [2.24, 2.45) is 0 Å². The van der Waals surface area contributed by atoms with E-state index in [2.05, 4.69) is 44.0 Å². The van der Waals surface area contributed by atoms with E-state index in [9.17, 15) is 5.11 Å². The average molecular weight is 271 g/mol. The number of nitrogens with zero attached hydrogens (tertiary/aromatic N) is 1. The monoisotopic (exact) mass is 271 g/mol. The standard InChI is InChI=1S/C18H25NO/c1-14(2)19(3)12-5-4-7-15-8-6-9-16-13-17(20)10-11-18(15)16/h6,8-11,13-14,20H,4-5,7,12H2,1-3H3. The number of phenols is 1. The molecule has 0 amide bonds. The first-order valence-corrected chi connectivity index (χ1v) is 7.49. The molecular formula is C18H25NO.